The first-order valence-electron chi connectivity index (χ1n) is 30.3. The highest BCUT2D eigenvalue weighted by atomic mass is 16.8. The lowest BCUT2D eigenvalue weighted by atomic mass is 9.41. The summed E-state index contributed by atoms with van der Waals surface area (Å²) >= 11 is 0. The number of carbonyl (C=O) groups excluding carboxylic acids is 2. The Morgan fingerprint density at radius 3 is 1.93 bits per heavy atom. The van der Waals surface area contributed by atoms with Crippen LogP contribution in [-0.2, 0) is 71.2 Å². The molecule has 0 aromatic carbocycles. The average Bonchev–Trinajstić information content (AvgIpc) is 1.46. The summed E-state index contributed by atoms with van der Waals surface area (Å²) in [4.78, 5) is 27.5. The van der Waals surface area contributed by atoms with Gasteiger partial charge in [-0.3, -0.25) is 9.59 Å². The molecule has 0 aromatic heterocycles. The first kappa shape index (κ1) is 66.2. The van der Waals surface area contributed by atoms with Crippen molar-refractivity contribution in [1.29, 1.82) is 0 Å². The van der Waals surface area contributed by atoms with Crippen LogP contribution >= 0.6 is 0 Å². The highest BCUT2D eigenvalue weighted by molar-refractivity contribution is 5.84. The van der Waals surface area contributed by atoms with Gasteiger partial charge in [0.05, 0.1) is 50.0 Å². The standard InChI is InChI=1S/C60H92O26/c1-25(2)12-11-17-59(9)49-33(79-27(4)62)20-58(8)29-13-14-35-56(5,6)36(16-18-57(35,7)28(29)15-19-60(49,58)55(73)86-59)81-53-47(38(67)31(64)23-77-53)85-54-48(84-50-40(69)37(66)30(63)22-75-50)41(70)44(26(3)78-54)82-52-43(72)46(39(68)34(21-61)80-52)83-51-42(71)45(74-10)32(65)24-76-51/h11-13,17,26,28,30-54,61,63-72H,14-16,18-24H2,1-10H3. The zero-order chi connectivity index (χ0) is 62.5. The van der Waals surface area contributed by atoms with E-state index in [9.17, 15) is 65.8 Å². The van der Waals surface area contributed by atoms with E-state index < -0.39 is 194 Å². The number of fused-ring (bicyclic) bond motifs is 4. The van der Waals surface area contributed by atoms with Crippen LogP contribution in [0.4, 0.5) is 0 Å². The number of allylic oxidation sites excluding steroid dienone is 5. The summed E-state index contributed by atoms with van der Waals surface area (Å²) in [7, 11) is 1.25. The fraction of sp³-hybridized carbons (Fsp3) is 0.867. The summed E-state index contributed by atoms with van der Waals surface area (Å²) in [6, 6.07) is 0. The van der Waals surface area contributed by atoms with Crippen molar-refractivity contribution in [3.8, 4) is 0 Å². The summed E-state index contributed by atoms with van der Waals surface area (Å²) in [6.07, 6.45) is -25.2. The van der Waals surface area contributed by atoms with E-state index in [1.807, 2.05) is 39.0 Å². The van der Waals surface area contributed by atoms with E-state index in [2.05, 4.69) is 33.8 Å². The molecule has 6 saturated heterocycles. The molecule has 0 amide bonds. The number of rotatable bonds is 15. The van der Waals surface area contributed by atoms with E-state index in [1.54, 1.807) is 0 Å². The largest absolute Gasteiger partial charge is 0.462 e. The SMILES string of the molecule is COC1C(O)COC(OC2C(O)C(CO)OC(OC3C(C)OC(OC4C(OC5CCC6(C)C7CCC89C(=O)OC(C)(C=CC=C(C)C)C8C(OC(C)=O)CC9(C)C7=CCC6C5(C)C)OCC(O)C4O)C(OC4OCC(O)C(O)C4O)C3O)C2O)C1O. The Bertz CT molecular complexity index is 2510. The molecular formula is C60H92O26. The van der Waals surface area contributed by atoms with Crippen molar-refractivity contribution in [2.45, 2.75) is 254 Å². The second kappa shape index (κ2) is 25.1. The van der Waals surface area contributed by atoms with E-state index in [0.717, 1.165) is 5.57 Å². The molecule has 31 atom stereocenters. The quantitative estimate of drug-likeness (QED) is 0.0534. The van der Waals surface area contributed by atoms with Crippen LogP contribution < -0.4 is 0 Å². The van der Waals surface area contributed by atoms with E-state index in [-0.39, 0.29) is 36.4 Å². The Morgan fingerprint density at radius 1 is 0.663 bits per heavy atom. The van der Waals surface area contributed by atoms with Crippen LogP contribution in [-0.4, -0.2) is 255 Å². The van der Waals surface area contributed by atoms with Crippen molar-refractivity contribution in [3.05, 3.63) is 35.5 Å². The predicted octanol–water partition coefficient (Wildman–Crippen LogP) is -0.968. The van der Waals surface area contributed by atoms with Crippen LogP contribution in [0.5, 0.6) is 0 Å². The first-order valence-corrected chi connectivity index (χ1v) is 30.3. The van der Waals surface area contributed by atoms with Crippen LogP contribution in [0.25, 0.3) is 0 Å². The van der Waals surface area contributed by atoms with Crippen LogP contribution in [0.3, 0.4) is 0 Å². The highest BCUT2D eigenvalue weighted by Crippen LogP contribution is 2.76. The molecule has 86 heavy (non-hydrogen) atoms. The zero-order valence-electron chi connectivity index (χ0n) is 50.5. The maximum Gasteiger partial charge on any atom is 0.314 e. The number of aliphatic hydroxyl groups is 11. The van der Waals surface area contributed by atoms with Crippen molar-refractivity contribution in [1.82, 2.24) is 0 Å². The Balaban J connectivity index is 0.889. The third-order valence-electron chi connectivity index (χ3n) is 21.3. The van der Waals surface area contributed by atoms with Gasteiger partial charge in [0.25, 0.3) is 0 Å². The lowest BCUT2D eigenvalue weighted by Gasteiger charge is -2.63. The van der Waals surface area contributed by atoms with Gasteiger partial charge in [-0.1, -0.05) is 57.1 Å². The van der Waals surface area contributed by atoms with E-state index in [4.69, 9.17) is 61.6 Å². The molecule has 11 N–H and O–H groups in total. The van der Waals surface area contributed by atoms with Gasteiger partial charge in [0.1, 0.15) is 109 Å². The molecule has 31 unspecified atom stereocenters. The summed E-state index contributed by atoms with van der Waals surface area (Å²) in [5, 5.41) is 122. The minimum Gasteiger partial charge on any atom is -0.462 e. The molecular weight excluding hydrogens is 1140 g/mol. The van der Waals surface area contributed by atoms with Crippen molar-refractivity contribution in [3.63, 3.8) is 0 Å². The van der Waals surface area contributed by atoms with Crippen molar-refractivity contribution in [2.75, 3.05) is 33.5 Å². The fourth-order valence-corrected chi connectivity index (χ4v) is 16.9. The maximum absolute atomic E-state index is 14.7. The molecule has 3 saturated carbocycles. The molecule has 1 spiro atoms. The minimum absolute atomic E-state index is 0.00437. The Kier molecular flexibility index (Phi) is 19.3. The van der Waals surface area contributed by atoms with Gasteiger partial charge in [0.2, 0.25) is 0 Å². The maximum atomic E-state index is 14.7. The van der Waals surface area contributed by atoms with E-state index in [1.165, 1.54) is 26.5 Å². The molecule has 0 aromatic rings. The van der Waals surface area contributed by atoms with Crippen molar-refractivity contribution in [2.24, 2.45) is 39.4 Å². The fourth-order valence-electron chi connectivity index (χ4n) is 16.9. The topological polar surface area (TPSA) is 377 Å². The smallest absolute Gasteiger partial charge is 0.314 e. The summed E-state index contributed by atoms with van der Waals surface area (Å²) in [6.45, 7) is 15.4. The third kappa shape index (κ3) is 11.3. The highest BCUT2D eigenvalue weighted by Gasteiger charge is 2.79. The number of ether oxygens (including phenoxy) is 13. The van der Waals surface area contributed by atoms with Crippen molar-refractivity contribution < 1.29 is 127 Å². The Morgan fingerprint density at radius 2 is 1.27 bits per heavy atom. The number of methoxy groups -OCH3 is 1. The Hall–Kier alpha value is -2.72. The Labute approximate surface area is 500 Å². The number of aliphatic hydroxyl groups excluding tert-OH is 11. The van der Waals surface area contributed by atoms with E-state index >= 15 is 0 Å². The molecule has 0 radical (unpaired) electrons. The molecule has 9 fully saturated rings. The monoisotopic (exact) mass is 1230 g/mol. The molecule has 10 aliphatic rings. The second-order valence-electron chi connectivity index (χ2n) is 27.1. The van der Waals surface area contributed by atoms with Crippen LogP contribution in [0.1, 0.15) is 101 Å². The number of cyclic esters (lactones) is 1. The van der Waals surface area contributed by atoms with Gasteiger partial charge >= 0.3 is 11.9 Å². The number of hydrogen-bond donors (Lipinski definition) is 11. The molecule has 26 heteroatoms. The molecule has 26 nitrogen and oxygen atoms in total. The average molecular weight is 1230 g/mol. The molecule has 10 rings (SSSR count). The van der Waals surface area contributed by atoms with Gasteiger partial charge in [-0.15, -0.1) is 0 Å². The van der Waals surface area contributed by atoms with Gasteiger partial charge in [0.15, 0.2) is 31.5 Å². The molecule has 4 aliphatic carbocycles. The van der Waals surface area contributed by atoms with Gasteiger partial charge in [0, 0.05) is 19.4 Å². The van der Waals surface area contributed by atoms with Crippen LogP contribution in [0.2, 0.25) is 0 Å². The van der Waals surface area contributed by atoms with Crippen molar-refractivity contribution >= 4 is 11.9 Å². The second-order valence-corrected chi connectivity index (χ2v) is 27.1. The van der Waals surface area contributed by atoms with Crippen LogP contribution in [0.15, 0.2) is 35.5 Å². The molecule has 0 bridgehead atoms. The minimum atomic E-state index is -1.93. The van der Waals surface area contributed by atoms with Gasteiger partial charge in [-0.2, -0.15) is 0 Å². The summed E-state index contributed by atoms with van der Waals surface area (Å²) < 4.78 is 78.9. The van der Waals surface area contributed by atoms with E-state index in [0.29, 0.717) is 38.5 Å². The third-order valence-corrected chi connectivity index (χ3v) is 21.3. The predicted molar refractivity (Wildman–Crippen MR) is 292 cm³/mol. The molecule has 6 aliphatic heterocycles. The number of carbonyl (C=O) groups is 2. The number of hydrogen-bond acceptors (Lipinski definition) is 26. The summed E-state index contributed by atoms with van der Waals surface area (Å²) in [5.41, 5.74) is -1.32. The normalized spacial score (nSPS) is 51.8. The summed E-state index contributed by atoms with van der Waals surface area (Å²) in [5.74, 6) is -1.08. The lowest BCUT2D eigenvalue weighted by molar-refractivity contribution is -0.402. The molecule has 6 heterocycles. The van der Waals surface area contributed by atoms with Gasteiger partial charge < -0.3 is 118 Å². The lowest BCUT2D eigenvalue weighted by Crippen LogP contribution is -2.67. The molecule has 488 valence electrons. The van der Waals surface area contributed by atoms with Gasteiger partial charge in [-0.25, -0.2) is 0 Å². The zero-order valence-corrected chi connectivity index (χ0v) is 50.5. The first-order chi connectivity index (χ1) is 40.5. The van der Waals surface area contributed by atoms with Gasteiger partial charge in [-0.05, 0) is 95.0 Å². The number of esters is 2. The van der Waals surface area contributed by atoms with Crippen LogP contribution in [0, 0.1) is 39.4 Å².